The molecule has 6 heteroatoms. The Labute approximate surface area is 144 Å². The van der Waals surface area contributed by atoms with Gasteiger partial charge in [-0.05, 0) is 24.8 Å². The lowest BCUT2D eigenvalue weighted by Crippen LogP contribution is -2.48. The number of nitrogens with zero attached hydrogens (tertiary/aromatic N) is 1. The minimum Gasteiger partial charge on any atom is -0.493 e. The lowest BCUT2D eigenvalue weighted by molar-refractivity contribution is 0.0814. The van der Waals surface area contributed by atoms with E-state index in [1.165, 1.54) is 25.3 Å². The van der Waals surface area contributed by atoms with E-state index in [2.05, 4.69) is 10.2 Å². The first kappa shape index (κ1) is 19.5. The number of nitrogens with one attached hydrogen (secondary N) is 1. The standard InChI is InChI=1S/C16H23FN2O.2ClH/c1-20-16-13(6-3-7-14(16)17)15(12-4-2-5-12)19-10-8-18-9-11-19;;/h3,6-7,12,15,18H,2,4-5,8-11H2,1H3;2*1H/t15-;;/m0../s1. The van der Waals surface area contributed by atoms with Crippen molar-refractivity contribution in [3.8, 4) is 5.75 Å². The molecular weight excluding hydrogens is 326 g/mol. The van der Waals surface area contributed by atoms with Crippen LogP contribution < -0.4 is 10.1 Å². The Bertz CT molecular complexity index is 465. The zero-order chi connectivity index (χ0) is 13.9. The van der Waals surface area contributed by atoms with E-state index in [-0.39, 0.29) is 30.6 Å². The summed E-state index contributed by atoms with van der Waals surface area (Å²) in [5.41, 5.74) is 1.03. The Morgan fingerprint density at radius 1 is 1.23 bits per heavy atom. The van der Waals surface area contributed by atoms with Crippen LogP contribution in [0.4, 0.5) is 4.39 Å². The van der Waals surface area contributed by atoms with E-state index in [1.54, 1.807) is 13.2 Å². The molecule has 3 rings (SSSR count). The molecule has 0 amide bonds. The van der Waals surface area contributed by atoms with Crippen molar-refractivity contribution >= 4 is 24.8 Å². The highest BCUT2D eigenvalue weighted by molar-refractivity contribution is 5.85. The maximum absolute atomic E-state index is 14.0. The van der Waals surface area contributed by atoms with E-state index in [0.717, 1.165) is 31.7 Å². The summed E-state index contributed by atoms with van der Waals surface area (Å²) in [6.07, 6.45) is 3.79. The van der Waals surface area contributed by atoms with Crippen LogP contribution in [0.15, 0.2) is 18.2 Å². The summed E-state index contributed by atoms with van der Waals surface area (Å²) < 4.78 is 19.4. The highest BCUT2D eigenvalue weighted by Gasteiger charge is 2.35. The fraction of sp³-hybridized carbons (Fsp3) is 0.625. The molecule has 1 N–H and O–H groups in total. The quantitative estimate of drug-likeness (QED) is 0.900. The second kappa shape index (κ2) is 8.92. The number of para-hydroxylation sites is 1. The summed E-state index contributed by atoms with van der Waals surface area (Å²) in [6, 6.07) is 5.63. The number of ether oxygens (including phenoxy) is 1. The van der Waals surface area contributed by atoms with Crippen LogP contribution in [0.1, 0.15) is 30.9 Å². The van der Waals surface area contributed by atoms with Gasteiger partial charge < -0.3 is 10.1 Å². The first-order chi connectivity index (χ1) is 9.81. The molecule has 1 saturated heterocycles. The first-order valence-electron chi connectivity index (χ1n) is 7.58. The average molecular weight is 351 g/mol. The molecule has 2 aliphatic rings. The molecule has 0 spiro atoms. The highest BCUT2D eigenvalue weighted by atomic mass is 35.5. The van der Waals surface area contributed by atoms with Gasteiger partial charge in [-0.15, -0.1) is 24.8 Å². The van der Waals surface area contributed by atoms with E-state index in [1.807, 2.05) is 6.07 Å². The molecule has 1 saturated carbocycles. The molecule has 0 unspecified atom stereocenters. The van der Waals surface area contributed by atoms with Gasteiger partial charge in [0.15, 0.2) is 11.6 Å². The molecule has 1 aromatic carbocycles. The predicted octanol–water partition coefficient (Wildman–Crippen LogP) is 3.42. The fourth-order valence-corrected chi connectivity index (χ4v) is 3.44. The minimum atomic E-state index is -0.246. The van der Waals surface area contributed by atoms with Gasteiger partial charge in [0, 0.05) is 37.8 Å². The van der Waals surface area contributed by atoms with E-state index in [4.69, 9.17) is 4.74 Å². The number of hydrogen-bond acceptors (Lipinski definition) is 3. The minimum absolute atomic E-state index is 0. The number of piperazine rings is 1. The Balaban J connectivity index is 0.00000121. The van der Waals surface area contributed by atoms with Crippen molar-refractivity contribution in [3.05, 3.63) is 29.6 Å². The van der Waals surface area contributed by atoms with Crippen LogP contribution in [-0.4, -0.2) is 38.2 Å². The SMILES string of the molecule is COc1c(F)cccc1[C@H](C1CCC1)N1CCNCC1.Cl.Cl. The highest BCUT2D eigenvalue weighted by Crippen LogP contribution is 2.44. The maximum Gasteiger partial charge on any atom is 0.165 e. The number of hydrogen-bond donors (Lipinski definition) is 1. The molecule has 1 aliphatic heterocycles. The normalized spacial score (nSPS) is 20.3. The summed E-state index contributed by atoms with van der Waals surface area (Å²) in [5, 5.41) is 3.39. The van der Waals surface area contributed by atoms with Gasteiger partial charge in [-0.1, -0.05) is 18.6 Å². The van der Waals surface area contributed by atoms with Gasteiger partial charge >= 0.3 is 0 Å². The fourth-order valence-electron chi connectivity index (χ4n) is 3.44. The van der Waals surface area contributed by atoms with Crippen molar-refractivity contribution in [1.82, 2.24) is 10.2 Å². The van der Waals surface area contributed by atoms with Crippen LogP contribution in [-0.2, 0) is 0 Å². The zero-order valence-electron chi connectivity index (χ0n) is 12.9. The van der Waals surface area contributed by atoms with E-state index in [0.29, 0.717) is 17.7 Å². The monoisotopic (exact) mass is 350 g/mol. The van der Waals surface area contributed by atoms with Crippen molar-refractivity contribution in [3.63, 3.8) is 0 Å². The number of methoxy groups -OCH3 is 1. The molecule has 0 bridgehead atoms. The van der Waals surface area contributed by atoms with E-state index in [9.17, 15) is 4.39 Å². The summed E-state index contributed by atoms with van der Waals surface area (Å²) in [7, 11) is 1.57. The van der Waals surface area contributed by atoms with Crippen molar-refractivity contribution in [2.45, 2.75) is 25.3 Å². The molecule has 1 heterocycles. The van der Waals surface area contributed by atoms with Crippen LogP contribution >= 0.6 is 24.8 Å². The Kier molecular flexibility index (Phi) is 7.90. The first-order valence-corrected chi connectivity index (χ1v) is 7.58. The van der Waals surface area contributed by atoms with Crippen molar-refractivity contribution in [2.24, 2.45) is 5.92 Å². The van der Waals surface area contributed by atoms with Crippen molar-refractivity contribution in [1.29, 1.82) is 0 Å². The van der Waals surface area contributed by atoms with Crippen LogP contribution in [0.2, 0.25) is 0 Å². The van der Waals surface area contributed by atoms with Gasteiger partial charge in [0.05, 0.1) is 7.11 Å². The number of halogens is 3. The zero-order valence-corrected chi connectivity index (χ0v) is 14.5. The van der Waals surface area contributed by atoms with Gasteiger partial charge in [-0.25, -0.2) is 4.39 Å². The topological polar surface area (TPSA) is 24.5 Å². The second-order valence-corrected chi connectivity index (χ2v) is 5.78. The third-order valence-electron chi connectivity index (χ3n) is 4.66. The van der Waals surface area contributed by atoms with Crippen molar-refractivity contribution in [2.75, 3.05) is 33.3 Å². The molecular formula is C16H25Cl2FN2O. The predicted molar refractivity (Wildman–Crippen MR) is 92.0 cm³/mol. The molecule has 1 aliphatic carbocycles. The molecule has 0 aromatic heterocycles. The summed E-state index contributed by atoms with van der Waals surface area (Å²) in [6.45, 7) is 4.09. The van der Waals surface area contributed by atoms with Crippen molar-refractivity contribution < 1.29 is 9.13 Å². The summed E-state index contributed by atoms with van der Waals surface area (Å²) >= 11 is 0. The smallest absolute Gasteiger partial charge is 0.165 e. The lowest BCUT2D eigenvalue weighted by atomic mass is 9.76. The number of rotatable bonds is 4. The van der Waals surface area contributed by atoms with Gasteiger partial charge in [-0.3, -0.25) is 4.90 Å². The van der Waals surface area contributed by atoms with E-state index < -0.39 is 0 Å². The van der Waals surface area contributed by atoms with Crippen LogP contribution in [0.3, 0.4) is 0 Å². The lowest BCUT2D eigenvalue weighted by Gasteiger charge is -2.43. The molecule has 22 heavy (non-hydrogen) atoms. The van der Waals surface area contributed by atoms with E-state index >= 15 is 0 Å². The molecule has 3 nitrogen and oxygen atoms in total. The summed E-state index contributed by atoms with van der Waals surface area (Å²) in [5.74, 6) is 0.830. The largest absolute Gasteiger partial charge is 0.493 e. The van der Waals surface area contributed by atoms with Gasteiger partial charge in [0.25, 0.3) is 0 Å². The Morgan fingerprint density at radius 3 is 2.45 bits per heavy atom. The molecule has 1 aromatic rings. The third kappa shape index (κ3) is 3.85. The Hall–Kier alpha value is -0.550. The summed E-state index contributed by atoms with van der Waals surface area (Å²) in [4.78, 5) is 2.50. The van der Waals surface area contributed by atoms with Crippen LogP contribution in [0.25, 0.3) is 0 Å². The molecule has 126 valence electrons. The van der Waals surface area contributed by atoms with Crippen LogP contribution in [0.5, 0.6) is 5.75 Å². The van der Waals surface area contributed by atoms with Gasteiger partial charge in [0.1, 0.15) is 0 Å². The Morgan fingerprint density at radius 2 is 1.91 bits per heavy atom. The van der Waals surface area contributed by atoms with Gasteiger partial charge in [-0.2, -0.15) is 0 Å². The third-order valence-corrected chi connectivity index (χ3v) is 4.66. The number of benzene rings is 1. The van der Waals surface area contributed by atoms with Gasteiger partial charge in [0.2, 0.25) is 0 Å². The maximum atomic E-state index is 14.0. The molecule has 0 radical (unpaired) electrons. The molecule has 2 fully saturated rings. The second-order valence-electron chi connectivity index (χ2n) is 5.78. The van der Waals surface area contributed by atoms with Crippen LogP contribution in [0, 0.1) is 11.7 Å². The molecule has 1 atom stereocenters. The average Bonchev–Trinajstić information content (AvgIpc) is 2.43.